The number of hydrogen-bond acceptors (Lipinski definition) is 5. The molecule has 2 aromatic carbocycles. The molecule has 0 bridgehead atoms. The summed E-state index contributed by atoms with van der Waals surface area (Å²) in [5.41, 5.74) is 4.51. The van der Waals surface area contributed by atoms with Crippen LogP contribution in [0.4, 0.5) is 4.39 Å². The van der Waals surface area contributed by atoms with E-state index in [0.29, 0.717) is 31.0 Å². The molecule has 6 nitrogen and oxygen atoms in total. The number of nitrogens with zero attached hydrogens (tertiary/aromatic N) is 4. The molecule has 0 spiro atoms. The molecule has 2 fully saturated rings. The topological polar surface area (TPSA) is 39.3 Å². The molecule has 4 aliphatic rings. The zero-order valence-electron chi connectivity index (χ0n) is 23.8. The Kier molecular flexibility index (Phi) is 7.80. The molecule has 7 heteroatoms. The van der Waals surface area contributed by atoms with Gasteiger partial charge in [-0.1, -0.05) is 49.4 Å². The van der Waals surface area contributed by atoms with Crippen molar-refractivity contribution in [3.63, 3.8) is 0 Å². The standard InChI is InChI=1S/C33H41FN4O2/c1-33-13-6-5-10-29(33)26-8-3-4-9-27(26)31(33)37-19-21-38(22-20-37)32(39)28-24-25(34)11-12-30(28)40-23-7-14-36-17-15-35(2)16-18-36/h3-6,8-12,24,31H,7,13-23H2,1-2H3. The molecule has 2 atom stereocenters. The number of benzene rings is 2. The summed E-state index contributed by atoms with van der Waals surface area (Å²) >= 11 is 0. The van der Waals surface area contributed by atoms with Crippen LogP contribution < -0.4 is 4.74 Å². The Hall–Kier alpha value is -3.00. The molecule has 0 saturated carbocycles. The highest BCUT2D eigenvalue weighted by Crippen LogP contribution is 2.59. The normalized spacial score (nSPS) is 25.4. The van der Waals surface area contributed by atoms with Crippen molar-refractivity contribution < 1.29 is 13.9 Å². The lowest BCUT2D eigenvalue weighted by Gasteiger charge is -2.45. The number of piperazine rings is 2. The molecular formula is C33H41FN4O2. The Bertz CT molecular complexity index is 1290. The second-order valence-electron chi connectivity index (χ2n) is 11.9. The van der Waals surface area contributed by atoms with Crippen LogP contribution >= 0.6 is 0 Å². The van der Waals surface area contributed by atoms with Crippen molar-refractivity contribution >= 4 is 11.5 Å². The first-order chi connectivity index (χ1) is 19.4. The summed E-state index contributed by atoms with van der Waals surface area (Å²) in [6.45, 7) is 11.0. The van der Waals surface area contributed by atoms with Gasteiger partial charge in [0.2, 0.25) is 0 Å². The van der Waals surface area contributed by atoms with E-state index in [2.05, 4.69) is 71.2 Å². The molecule has 6 rings (SSSR count). The predicted molar refractivity (Wildman–Crippen MR) is 157 cm³/mol. The Labute approximate surface area is 237 Å². The fourth-order valence-electron chi connectivity index (χ4n) is 7.05. The molecule has 2 saturated heterocycles. The lowest BCUT2D eigenvalue weighted by Crippen LogP contribution is -2.51. The fraction of sp³-hybridized carbons (Fsp3) is 0.485. The summed E-state index contributed by atoms with van der Waals surface area (Å²) in [5.74, 6) is -0.0763. The zero-order chi connectivity index (χ0) is 27.7. The molecule has 2 aromatic rings. The average Bonchev–Trinajstić information content (AvgIpc) is 3.24. The van der Waals surface area contributed by atoms with Crippen LogP contribution in [-0.4, -0.2) is 98.1 Å². The van der Waals surface area contributed by atoms with E-state index >= 15 is 0 Å². The van der Waals surface area contributed by atoms with Gasteiger partial charge in [0.1, 0.15) is 11.6 Å². The predicted octanol–water partition coefficient (Wildman–Crippen LogP) is 4.70. The highest BCUT2D eigenvalue weighted by Gasteiger charge is 2.49. The molecule has 212 valence electrons. The van der Waals surface area contributed by atoms with E-state index in [4.69, 9.17) is 4.74 Å². The van der Waals surface area contributed by atoms with Crippen molar-refractivity contribution in [3.8, 4) is 5.75 Å². The van der Waals surface area contributed by atoms with E-state index in [1.165, 1.54) is 28.8 Å². The van der Waals surface area contributed by atoms with E-state index in [1.54, 1.807) is 6.07 Å². The highest BCUT2D eigenvalue weighted by atomic mass is 19.1. The van der Waals surface area contributed by atoms with Crippen molar-refractivity contribution in [2.45, 2.75) is 25.8 Å². The largest absolute Gasteiger partial charge is 0.493 e. The van der Waals surface area contributed by atoms with E-state index in [1.807, 2.05) is 4.90 Å². The molecule has 2 heterocycles. The number of carbonyl (C=O) groups is 1. The monoisotopic (exact) mass is 544 g/mol. The molecule has 40 heavy (non-hydrogen) atoms. The second kappa shape index (κ2) is 11.5. The van der Waals surface area contributed by atoms with Gasteiger partial charge >= 0.3 is 0 Å². The molecule has 1 amide bonds. The first-order valence-corrected chi connectivity index (χ1v) is 14.8. The number of hydrogen-bond donors (Lipinski definition) is 0. The molecule has 0 radical (unpaired) electrons. The molecule has 2 aliphatic heterocycles. The summed E-state index contributed by atoms with van der Waals surface area (Å²) in [5, 5.41) is 0. The maximum atomic E-state index is 14.3. The third-order valence-corrected chi connectivity index (χ3v) is 9.32. The summed E-state index contributed by atoms with van der Waals surface area (Å²) in [6, 6.07) is 13.4. The van der Waals surface area contributed by atoms with Crippen LogP contribution in [0.15, 0.2) is 60.7 Å². The highest BCUT2D eigenvalue weighted by molar-refractivity contribution is 5.97. The minimum Gasteiger partial charge on any atom is -0.493 e. The molecule has 2 aliphatic carbocycles. The number of ether oxygens (including phenoxy) is 1. The van der Waals surface area contributed by atoms with Crippen LogP contribution in [0, 0.1) is 11.2 Å². The fourth-order valence-corrected chi connectivity index (χ4v) is 7.05. The Morgan fingerprint density at radius 3 is 2.60 bits per heavy atom. The van der Waals surface area contributed by atoms with E-state index in [9.17, 15) is 9.18 Å². The van der Waals surface area contributed by atoms with Gasteiger partial charge in [-0.3, -0.25) is 9.69 Å². The lowest BCUT2D eigenvalue weighted by molar-refractivity contribution is 0.0434. The number of allylic oxidation sites excluding steroid dienone is 3. The van der Waals surface area contributed by atoms with Crippen LogP contribution in [0.5, 0.6) is 5.75 Å². The van der Waals surface area contributed by atoms with Gasteiger partial charge in [0, 0.05) is 70.4 Å². The second-order valence-corrected chi connectivity index (χ2v) is 11.9. The van der Waals surface area contributed by atoms with Crippen LogP contribution in [0.2, 0.25) is 0 Å². The van der Waals surface area contributed by atoms with Gasteiger partial charge in [0.05, 0.1) is 12.2 Å². The third kappa shape index (κ3) is 5.22. The number of amides is 1. The zero-order valence-corrected chi connectivity index (χ0v) is 23.8. The SMILES string of the molecule is CN1CCN(CCCOc2ccc(F)cc2C(=O)N2CCN(C3c4ccccc4C4=CC=CCC43C)CC2)CC1. The number of fused-ring (bicyclic) bond motifs is 3. The Morgan fingerprint density at radius 2 is 1.80 bits per heavy atom. The van der Waals surface area contributed by atoms with E-state index < -0.39 is 5.82 Å². The van der Waals surface area contributed by atoms with Gasteiger partial charge in [0.15, 0.2) is 0 Å². The van der Waals surface area contributed by atoms with Gasteiger partial charge < -0.3 is 19.4 Å². The quantitative estimate of drug-likeness (QED) is 0.473. The summed E-state index contributed by atoms with van der Waals surface area (Å²) < 4.78 is 20.3. The van der Waals surface area contributed by atoms with Crippen LogP contribution in [0.1, 0.15) is 47.3 Å². The van der Waals surface area contributed by atoms with Gasteiger partial charge in [-0.25, -0.2) is 4.39 Å². The summed E-state index contributed by atoms with van der Waals surface area (Å²) in [4.78, 5) is 22.8. The van der Waals surface area contributed by atoms with Crippen molar-refractivity contribution in [1.82, 2.24) is 19.6 Å². The van der Waals surface area contributed by atoms with Crippen molar-refractivity contribution in [2.24, 2.45) is 5.41 Å². The van der Waals surface area contributed by atoms with Crippen molar-refractivity contribution in [2.75, 3.05) is 72.6 Å². The van der Waals surface area contributed by atoms with Gasteiger partial charge in [-0.2, -0.15) is 0 Å². The maximum Gasteiger partial charge on any atom is 0.257 e. The molecule has 0 aromatic heterocycles. The number of likely N-dealkylation sites (N-methyl/N-ethyl adjacent to an activating group) is 1. The number of rotatable bonds is 7. The average molecular weight is 545 g/mol. The van der Waals surface area contributed by atoms with Crippen LogP contribution in [0.3, 0.4) is 0 Å². The summed E-state index contributed by atoms with van der Waals surface area (Å²) in [6.07, 6.45) is 8.62. The van der Waals surface area contributed by atoms with Crippen LogP contribution in [0.25, 0.3) is 5.57 Å². The first kappa shape index (κ1) is 27.2. The van der Waals surface area contributed by atoms with Crippen LogP contribution in [-0.2, 0) is 0 Å². The van der Waals surface area contributed by atoms with Gasteiger partial charge in [-0.05, 0) is 54.8 Å². The molecule has 2 unspecified atom stereocenters. The van der Waals surface area contributed by atoms with E-state index in [-0.39, 0.29) is 17.4 Å². The molecule has 0 N–H and O–H groups in total. The van der Waals surface area contributed by atoms with E-state index in [0.717, 1.165) is 58.7 Å². The minimum atomic E-state index is -0.410. The number of halogens is 1. The third-order valence-electron chi connectivity index (χ3n) is 9.32. The van der Waals surface area contributed by atoms with Crippen molar-refractivity contribution in [1.29, 1.82) is 0 Å². The Balaban J connectivity index is 1.09. The van der Waals surface area contributed by atoms with Gasteiger partial charge in [-0.15, -0.1) is 0 Å². The molecular weight excluding hydrogens is 503 g/mol. The first-order valence-electron chi connectivity index (χ1n) is 14.8. The smallest absolute Gasteiger partial charge is 0.257 e. The van der Waals surface area contributed by atoms with Gasteiger partial charge in [0.25, 0.3) is 5.91 Å². The Morgan fingerprint density at radius 1 is 1.02 bits per heavy atom. The van der Waals surface area contributed by atoms with Crippen molar-refractivity contribution in [3.05, 3.63) is 83.2 Å². The maximum absolute atomic E-state index is 14.3. The summed E-state index contributed by atoms with van der Waals surface area (Å²) in [7, 11) is 2.16. The lowest BCUT2D eigenvalue weighted by atomic mass is 9.73. The number of carbonyl (C=O) groups excluding carboxylic acids is 1. The minimum absolute atomic E-state index is 0.0261.